The van der Waals surface area contributed by atoms with Crippen molar-refractivity contribution in [1.29, 1.82) is 0 Å². The second-order valence-electron chi connectivity index (χ2n) is 6.07. The van der Waals surface area contributed by atoms with Gasteiger partial charge >= 0.3 is 0 Å². The summed E-state index contributed by atoms with van der Waals surface area (Å²) in [6, 6.07) is 12.3. The van der Waals surface area contributed by atoms with Crippen molar-refractivity contribution in [3.63, 3.8) is 0 Å². The van der Waals surface area contributed by atoms with Crippen LogP contribution in [0.5, 0.6) is 5.75 Å². The number of ether oxygens (including phenoxy) is 1. The number of anilines is 1. The molecule has 6 heteroatoms. The minimum absolute atomic E-state index is 0.183. The van der Waals surface area contributed by atoms with Crippen LogP contribution in [0.25, 0.3) is 0 Å². The molecule has 0 spiro atoms. The zero-order chi connectivity index (χ0) is 18.0. The van der Waals surface area contributed by atoms with Gasteiger partial charge in [-0.25, -0.2) is 0 Å². The molecule has 0 atom stereocenters. The number of amides is 3. The highest BCUT2D eigenvalue weighted by Crippen LogP contribution is 2.24. The van der Waals surface area contributed by atoms with E-state index in [2.05, 4.69) is 24.5 Å². The van der Waals surface area contributed by atoms with Crippen molar-refractivity contribution >= 4 is 23.4 Å². The SMILES string of the molecule is CC(C)c1ccc(OCC(=O)Nc2cccc3c2C(=O)NC3=O)cc1. The van der Waals surface area contributed by atoms with Crippen LogP contribution in [0.2, 0.25) is 0 Å². The Kier molecular flexibility index (Phi) is 4.52. The molecule has 2 aromatic rings. The molecular weight excluding hydrogens is 320 g/mol. The van der Waals surface area contributed by atoms with Gasteiger partial charge in [-0.05, 0) is 35.7 Å². The van der Waals surface area contributed by atoms with E-state index in [1.54, 1.807) is 12.1 Å². The number of imide groups is 1. The molecule has 3 rings (SSSR count). The van der Waals surface area contributed by atoms with Gasteiger partial charge in [-0.15, -0.1) is 0 Å². The van der Waals surface area contributed by atoms with Crippen LogP contribution in [0.15, 0.2) is 42.5 Å². The third-order valence-corrected chi connectivity index (χ3v) is 3.95. The summed E-state index contributed by atoms with van der Waals surface area (Å²) < 4.78 is 5.46. The van der Waals surface area contributed by atoms with Gasteiger partial charge in [0.05, 0.1) is 16.8 Å². The number of hydrogen-bond acceptors (Lipinski definition) is 4. The summed E-state index contributed by atoms with van der Waals surface area (Å²) in [4.78, 5) is 35.6. The smallest absolute Gasteiger partial charge is 0.262 e. The fraction of sp³-hybridized carbons (Fsp3) is 0.211. The average Bonchev–Trinajstić information content (AvgIpc) is 2.89. The zero-order valence-electron chi connectivity index (χ0n) is 14.0. The summed E-state index contributed by atoms with van der Waals surface area (Å²) in [5.74, 6) is -0.371. The molecule has 3 amide bonds. The largest absolute Gasteiger partial charge is 0.484 e. The summed E-state index contributed by atoms with van der Waals surface area (Å²) >= 11 is 0. The van der Waals surface area contributed by atoms with E-state index in [9.17, 15) is 14.4 Å². The third-order valence-electron chi connectivity index (χ3n) is 3.95. The van der Waals surface area contributed by atoms with Crippen molar-refractivity contribution in [1.82, 2.24) is 5.32 Å². The van der Waals surface area contributed by atoms with Crippen LogP contribution in [0.1, 0.15) is 46.0 Å². The molecule has 0 aliphatic carbocycles. The summed E-state index contributed by atoms with van der Waals surface area (Å²) in [5, 5.41) is 4.82. The highest BCUT2D eigenvalue weighted by Gasteiger charge is 2.29. The van der Waals surface area contributed by atoms with Crippen LogP contribution in [-0.2, 0) is 4.79 Å². The molecular formula is C19H18N2O4. The molecule has 0 fully saturated rings. The van der Waals surface area contributed by atoms with Crippen LogP contribution in [0.4, 0.5) is 5.69 Å². The van der Waals surface area contributed by atoms with E-state index in [0.29, 0.717) is 17.4 Å². The van der Waals surface area contributed by atoms with Gasteiger partial charge in [0, 0.05) is 0 Å². The number of hydrogen-bond donors (Lipinski definition) is 2. The van der Waals surface area contributed by atoms with Crippen LogP contribution < -0.4 is 15.4 Å². The van der Waals surface area contributed by atoms with Gasteiger partial charge in [-0.3, -0.25) is 19.7 Å². The summed E-state index contributed by atoms with van der Waals surface area (Å²) in [7, 11) is 0. The van der Waals surface area contributed by atoms with E-state index < -0.39 is 17.7 Å². The summed E-state index contributed by atoms with van der Waals surface area (Å²) in [6.07, 6.45) is 0. The minimum atomic E-state index is -0.513. The van der Waals surface area contributed by atoms with Crippen molar-refractivity contribution in [3.8, 4) is 5.75 Å². The zero-order valence-corrected chi connectivity index (χ0v) is 14.0. The van der Waals surface area contributed by atoms with E-state index in [1.807, 2.05) is 24.3 Å². The number of rotatable bonds is 5. The van der Waals surface area contributed by atoms with Crippen molar-refractivity contribution < 1.29 is 19.1 Å². The van der Waals surface area contributed by atoms with Crippen molar-refractivity contribution in [3.05, 3.63) is 59.2 Å². The second-order valence-corrected chi connectivity index (χ2v) is 6.07. The Hall–Kier alpha value is -3.15. The maximum atomic E-state index is 12.1. The fourth-order valence-electron chi connectivity index (χ4n) is 2.61. The quantitative estimate of drug-likeness (QED) is 0.821. The molecule has 25 heavy (non-hydrogen) atoms. The van der Waals surface area contributed by atoms with Crippen molar-refractivity contribution in [2.45, 2.75) is 19.8 Å². The lowest BCUT2D eigenvalue weighted by atomic mass is 10.0. The molecule has 0 unspecified atom stereocenters. The van der Waals surface area contributed by atoms with Gasteiger partial charge in [-0.2, -0.15) is 0 Å². The van der Waals surface area contributed by atoms with Gasteiger partial charge in [0.2, 0.25) is 0 Å². The topological polar surface area (TPSA) is 84.5 Å². The van der Waals surface area contributed by atoms with E-state index in [0.717, 1.165) is 0 Å². The normalized spacial score (nSPS) is 12.8. The number of benzene rings is 2. The predicted octanol–water partition coefficient (Wildman–Crippen LogP) is 2.71. The first kappa shape index (κ1) is 16.7. The molecule has 0 bridgehead atoms. The Bertz CT molecular complexity index is 841. The number of nitrogens with one attached hydrogen (secondary N) is 2. The highest BCUT2D eigenvalue weighted by molar-refractivity contribution is 6.24. The maximum absolute atomic E-state index is 12.1. The Balaban J connectivity index is 1.64. The molecule has 1 aliphatic heterocycles. The molecule has 1 heterocycles. The van der Waals surface area contributed by atoms with Crippen molar-refractivity contribution in [2.24, 2.45) is 0 Å². The van der Waals surface area contributed by atoms with E-state index in [-0.39, 0.29) is 17.7 Å². The fourth-order valence-corrected chi connectivity index (χ4v) is 2.61. The van der Waals surface area contributed by atoms with Crippen molar-refractivity contribution in [2.75, 3.05) is 11.9 Å². The average molecular weight is 338 g/mol. The van der Waals surface area contributed by atoms with Crippen LogP contribution in [-0.4, -0.2) is 24.3 Å². The Morgan fingerprint density at radius 1 is 1.08 bits per heavy atom. The molecule has 0 radical (unpaired) electrons. The van der Waals surface area contributed by atoms with Gasteiger partial charge in [0.15, 0.2) is 6.61 Å². The molecule has 1 aliphatic rings. The van der Waals surface area contributed by atoms with E-state index >= 15 is 0 Å². The van der Waals surface area contributed by atoms with Crippen LogP contribution in [0.3, 0.4) is 0 Å². The maximum Gasteiger partial charge on any atom is 0.262 e. The Morgan fingerprint density at radius 3 is 2.48 bits per heavy atom. The van der Waals surface area contributed by atoms with Gasteiger partial charge in [0.25, 0.3) is 17.7 Å². The lowest BCUT2D eigenvalue weighted by molar-refractivity contribution is -0.118. The molecule has 0 aromatic heterocycles. The number of carbonyl (C=O) groups is 3. The van der Waals surface area contributed by atoms with Gasteiger partial charge in [-0.1, -0.05) is 32.0 Å². The molecule has 2 aromatic carbocycles. The molecule has 6 nitrogen and oxygen atoms in total. The Morgan fingerprint density at radius 2 is 1.80 bits per heavy atom. The molecule has 2 N–H and O–H groups in total. The highest BCUT2D eigenvalue weighted by atomic mass is 16.5. The lowest BCUT2D eigenvalue weighted by Crippen LogP contribution is -2.23. The molecule has 0 saturated heterocycles. The number of carbonyl (C=O) groups excluding carboxylic acids is 3. The second kappa shape index (κ2) is 6.76. The summed E-state index contributed by atoms with van der Waals surface area (Å²) in [6.45, 7) is 4.01. The summed E-state index contributed by atoms with van der Waals surface area (Å²) in [5.41, 5.74) is 1.92. The standard InChI is InChI=1S/C19H18N2O4/c1-11(2)12-6-8-13(9-7-12)25-10-16(22)20-15-5-3-4-14-17(15)19(24)21-18(14)23/h3-9,11H,10H2,1-2H3,(H,20,22)(H,21,23,24). The first-order chi connectivity index (χ1) is 12.0. The van der Waals surface area contributed by atoms with Crippen LogP contribution >= 0.6 is 0 Å². The third kappa shape index (κ3) is 3.52. The van der Waals surface area contributed by atoms with Gasteiger partial charge in [0.1, 0.15) is 5.75 Å². The van der Waals surface area contributed by atoms with E-state index in [4.69, 9.17) is 4.74 Å². The van der Waals surface area contributed by atoms with Gasteiger partial charge < -0.3 is 10.1 Å². The van der Waals surface area contributed by atoms with E-state index in [1.165, 1.54) is 11.6 Å². The molecule has 0 saturated carbocycles. The molecule has 128 valence electrons. The Labute approximate surface area is 145 Å². The predicted molar refractivity (Wildman–Crippen MR) is 92.9 cm³/mol. The minimum Gasteiger partial charge on any atom is -0.484 e. The lowest BCUT2D eigenvalue weighted by Gasteiger charge is -2.10. The first-order valence-electron chi connectivity index (χ1n) is 7.97. The van der Waals surface area contributed by atoms with Crippen LogP contribution in [0, 0.1) is 0 Å². The monoisotopic (exact) mass is 338 g/mol. The number of fused-ring (bicyclic) bond motifs is 1. The first-order valence-corrected chi connectivity index (χ1v) is 7.97.